The number of nitrogens with zero attached hydrogens (tertiary/aromatic N) is 2. The van der Waals surface area contributed by atoms with Gasteiger partial charge in [0.2, 0.25) is 0 Å². The minimum atomic E-state index is 0.0723. The SMILES string of the molecule is CC(N[N+](C)(C(N)=S)C1CCCCC1)c1ccc2ccccc2n1. The van der Waals surface area contributed by atoms with Gasteiger partial charge < -0.3 is 5.73 Å². The lowest BCUT2D eigenvalue weighted by molar-refractivity contribution is -0.896. The van der Waals surface area contributed by atoms with Crippen molar-refractivity contribution >= 4 is 28.2 Å². The van der Waals surface area contributed by atoms with E-state index in [2.05, 4.69) is 37.6 Å². The van der Waals surface area contributed by atoms with E-state index in [-0.39, 0.29) is 6.04 Å². The van der Waals surface area contributed by atoms with Crippen molar-refractivity contribution in [3.05, 3.63) is 42.1 Å². The second-order valence-electron chi connectivity index (χ2n) is 6.99. The highest BCUT2D eigenvalue weighted by Crippen LogP contribution is 2.27. The molecule has 0 radical (unpaired) electrons. The van der Waals surface area contributed by atoms with Gasteiger partial charge in [-0.25, -0.2) is 0 Å². The predicted molar refractivity (Wildman–Crippen MR) is 103 cm³/mol. The minimum Gasteiger partial charge on any atom is -0.343 e. The van der Waals surface area contributed by atoms with E-state index in [0.29, 0.717) is 15.7 Å². The number of hydrogen-bond acceptors (Lipinski definition) is 3. The number of hydrogen-bond donors (Lipinski definition) is 2. The Balaban J connectivity index is 1.83. The van der Waals surface area contributed by atoms with Crippen LogP contribution in [0.3, 0.4) is 0 Å². The fourth-order valence-electron chi connectivity index (χ4n) is 3.74. The van der Waals surface area contributed by atoms with Crippen LogP contribution < -0.4 is 11.2 Å². The molecule has 2 unspecified atom stereocenters. The summed E-state index contributed by atoms with van der Waals surface area (Å²) < 4.78 is 0.449. The number of para-hydroxylation sites is 1. The molecule has 1 aromatic carbocycles. The second-order valence-corrected chi connectivity index (χ2v) is 7.40. The zero-order valence-corrected chi connectivity index (χ0v) is 15.4. The molecule has 1 saturated carbocycles. The van der Waals surface area contributed by atoms with Gasteiger partial charge in [0.05, 0.1) is 24.3 Å². The van der Waals surface area contributed by atoms with Crippen molar-refractivity contribution in [2.45, 2.75) is 51.1 Å². The van der Waals surface area contributed by atoms with Crippen LogP contribution in [0.1, 0.15) is 50.8 Å². The topological polar surface area (TPSA) is 50.9 Å². The Bertz CT molecular complexity index is 726. The zero-order chi connectivity index (χ0) is 17.2. The number of nitrogens with one attached hydrogen (secondary N) is 1. The Labute approximate surface area is 149 Å². The minimum absolute atomic E-state index is 0.0723. The molecular formula is C19H27N4S+. The number of nitrogens with two attached hydrogens (primary N) is 1. The first kappa shape index (κ1) is 17.3. The smallest absolute Gasteiger partial charge is 0.286 e. The highest BCUT2D eigenvalue weighted by molar-refractivity contribution is 7.79. The van der Waals surface area contributed by atoms with Crippen LogP contribution in [0.5, 0.6) is 0 Å². The largest absolute Gasteiger partial charge is 0.343 e. The van der Waals surface area contributed by atoms with E-state index in [9.17, 15) is 0 Å². The summed E-state index contributed by atoms with van der Waals surface area (Å²) in [5.41, 5.74) is 11.8. The molecule has 128 valence electrons. The standard InChI is InChI=1S/C19H26N4S/c1-14(17-13-12-15-8-6-7-11-18(15)21-17)22-23(2,19(20)24)16-9-4-3-5-10-16/h6-8,11-14,16,22H,3-5,9-10H2,1-2H3,(H-,20,24)/p+1. The van der Waals surface area contributed by atoms with E-state index < -0.39 is 0 Å². The molecular weight excluding hydrogens is 316 g/mol. The molecule has 1 aromatic heterocycles. The van der Waals surface area contributed by atoms with Crippen molar-refractivity contribution < 1.29 is 4.59 Å². The van der Waals surface area contributed by atoms with Gasteiger partial charge in [0.15, 0.2) is 0 Å². The van der Waals surface area contributed by atoms with Crippen molar-refractivity contribution in [2.75, 3.05) is 7.05 Å². The maximum atomic E-state index is 6.14. The Morgan fingerprint density at radius 1 is 1.21 bits per heavy atom. The zero-order valence-electron chi connectivity index (χ0n) is 14.5. The summed E-state index contributed by atoms with van der Waals surface area (Å²) in [4.78, 5) is 4.81. The van der Waals surface area contributed by atoms with E-state index in [1.165, 1.54) is 32.1 Å². The molecule has 0 bridgehead atoms. The Morgan fingerprint density at radius 3 is 2.62 bits per heavy atom. The molecule has 1 aliphatic carbocycles. The Kier molecular flexibility index (Phi) is 5.13. The maximum Gasteiger partial charge on any atom is 0.286 e. The van der Waals surface area contributed by atoms with Crippen LogP contribution in [0, 0.1) is 0 Å². The van der Waals surface area contributed by atoms with Crippen LogP contribution in [0.2, 0.25) is 0 Å². The van der Waals surface area contributed by atoms with E-state index in [1.54, 1.807) is 0 Å². The lowest BCUT2D eigenvalue weighted by Gasteiger charge is -2.42. The van der Waals surface area contributed by atoms with Gasteiger partial charge in [-0.2, -0.15) is 10.0 Å². The number of pyridine rings is 1. The average Bonchev–Trinajstić information content (AvgIpc) is 2.61. The number of aromatic nitrogens is 1. The summed E-state index contributed by atoms with van der Waals surface area (Å²) in [5, 5.41) is 1.67. The normalized spacial score (nSPS) is 19.8. The van der Waals surface area contributed by atoms with Crippen molar-refractivity contribution in [1.82, 2.24) is 10.4 Å². The quantitative estimate of drug-likeness (QED) is 0.503. The van der Waals surface area contributed by atoms with Gasteiger partial charge in [-0.15, -0.1) is 0 Å². The summed E-state index contributed by atoms with van der Waals surface area (Å²) >= 11 is 5.42. The van der Waals surface area contributed by atoms with Crippen LogP contribution in [0.15, 0.2) is 36.4 Å². The molecule has 4 nitrogen and oxygen atoms in total. The third-order valence-corrected chi connectivity index (χ3v) is 5.67. The monoisotopic (exact) mass is 343 g/mol. The summed E-state index contributed by atoms with van der Waals surface area (Å²) in [6.07, 6.45) is 6.16. The molecule has 0 spiro atoms. The summed E-state index contributed by atoms with van der Waals surface area (Å²) in [7, 11) is 2.11. The number of thiocarbonyl (C=S) groups is 1. The van der Waals surface area contributed by atoms with Crippen molar-refractivity contribution in [1.29, 1.82) is 0 Å². The van der Waals surface area contributed by atoms with Crippen LogP contribution in [-0.2, 0) is 0 Å². The molecule has 2 aromatic rings. The van der Waals surface area contributed by atoms with Gasteiger partial charge >= 0.3 is 0 Å². The fourth-order valence-corrected chi connectivity index (χ4v) is 3.94. The molecule has 3 N–H and O–H groups in total. The predicted octanol–water partition coefficient (Wildman–Crippen LogP) is 3.82. The second kappa shape index (κ2) is 7.13. The van der Waals surface area contributed by atoms with Crippen molar-refractivity contribution in [2.24, 2.45) is 5.73 Å². The summed E-state index contributed by atoms with van der Waals surface area (Å²) in [5.74, 6) is 0. The van der Waals surface area contributed by atoms with Crippen LogP contribution in [0.25, 0.3) is 10.9 Å². The lowest BCUT2D eigenvalue weighted by Crippen LogP contribution is -2.67. The molecule has 0 aliphatic heterocycles. The van der Waals surface area contributed by atoms with Gasteiger partial charge in [-0.05, 0) is 31.9 Å². The number of benzene rings is 1. The summed E-state index contributed by atoms with van der Waals surface area (Å²) in [6.45, 7) is 2.13. The number of quaternary nitrogens is 1. The molecule has 5 heteroatoms. The molecule has 0 saturated heterocycles. The van der Waals surface area contributed by atoms with Crippen LogP contribution in [0.4, 0.5) is 0 Å². The Hall–Kier alpha value is -1.56. The molecule has 3 rings (SSSR count). The molecule has 1 fully saturated rings. The van der Waals surface area contributed by atoms with Crippen LogP contribution in [-0.4, -0.2) is 27.8 Å². The highest BCUT2D eigenvalue weighted by Gasteiger charge is 2.39. The Morgan fingerprint density at radius 2 is 1.92 bits per heavy atom. The third-order valence-electron chi connectivity index (χ3n) is 5.29. The summed E-state index contributed by atoms with van der Waals surface area (Å²) in [6, 6.07) is 12.9. The van der Waals surface area contributed by atoms with E-state index in [4.69, 9.17) is 22.9 Å². The van der Waals surface area contributed by atoms with E-state index >= 15 is 0 Å². The molecule has 24 heavy (non-hydrogen) atoms. The van der Waals surface area contributed by atoms with Crippen LogP contribution >= 0.6 is 12.2 Å². The fraction of sp³-hybridized carbons (Fsp3) is 0.474. The van der Waals surface area contributed by atoms with E-state index in [0.717, 1.165) is 16.6 Å². The van der Waals surface area contributed by atoms with Gasteiger partial charge in [0.25, 0.3) is 5.11 Å². The number of rotatable bonds is 4. The first-order valence-corrected chi connectivity index (χ1v) is 9.21. The van der Waals surface area contributed by atoms with Gasteiger partial charge in [-0.3, -0.25) is 4.98 Å². The first-order valence-electron chi connectivity index (χ1n) is 8.80. The van der Waals surface area contributed by atoms with Gasteiger partial charge in [0, 0.05) is 30.4 Å². The third kappa shape index (κ3) is 3.43. The highest BCUT2D eigenvalue weighted by atomic mass is 32.1. The van der Waals surface area contributed by atoms with Gasteiger partial charge in [0.1, 0.15) is 6.04 Å². The number of fused-ring (bicyclic) bond motifs is 1. The van der Waals surface area contributed by atoms with Crippen molar-refractivity contribution in [3.63, 3.8) is 0 Å². The molecule has 1 aliphatic rings. The molecule has 1 heterocycles. The van der Waals surface area contributed by atoms with E-state index in [1.807, 2.05) is 18.2 Å². The van der Waals surface area contributed by atoms with Crippen molar-refractivity contribution in [3.8, 4) is 0 Å². The molecule has 0 amide bonds. The first-order chi connectivity index (χ1) is 11.5. The van der Waals surface area contributed by atoms with Gasteiger partial charge in [-0.1, -0.05) is 30.7 Å². The maximum absolute atomic E-state index is 6.14. The molecule has 2 atom stereocenters. The average molecular weight is 344 g/mol. The lowest BCUT2D eigenvalue weighted by atomic mass is 9.94.